The van der Waals surface area contributed by atoms with Crippen molar-refractivity contribution in [2.45, 2.75) is 26.4 Å². The van der Waals surface area contributed by atoms with E-state index in [0.717, 1.165) is 11.9 Å². The summed E-state index contributed by atoms with van der Waals surface area (Å²) in [4.78, 5) is 0. The van der Waals surface area contributed by atoms with Gasteiger partial charge < -0.3 is 5.32 Å². The zero-order valence-corrected chi connectivity index (χ0v) is 12.3. The molecule has 1 aromatic rings. The molecule has 0 radical (unpaired) electrons. The molecule has 0 aromatic heterocycles. The van der Waals surface area contributed by atoms with E-state index >= 15 is 0 Å². The van der Waals surface area contributed by atoms with Crippen LogP contribution in [-0.4, -0.2) is 11.4 Å². The van der Waals surface area contributed by atoms with Gasteiger partial charge in [-0.2, -0.15) is 0 Å². The fourth-order valence-electron chi connectivity index (χ4n) is 1.25. The van der Waals surface area contributed by atoms with E-state index in [9.17, 15) is 0 Å². The zero-order chi connectivity index (χ0) is 11.3. The molecule has 2 unspecified atom stereocenters. The minimum absolute atomic E-state index is 0.525. The Kier molecular flexibility index (Phi) is 5.87. The maximum Gasteiger partial charge on any atom is 0.0220 e. The predicted molar refractivity (Wildman–Crippen MR) is 73.4 cm³/mol. The molecule has 0 bridgehead atoms. The average Bonchev–Trinajstić information content (AvgIpc) is 2.26. The van der Waals surface area contributed by atoms with Crippen LogP contribution in [0.25, 0.3) is 0 Å². The molecule has 0 aliphatic carbocycles. The highest BCUT2D eigenvalue weighted by Gasteiger charge is 2.10. The van der Waals surface area contributed by atoms with Gasteiger partial charge in [-0.05, 0) is 24.5 Å². The minimum Gasteiger partial charge on any atom is -0.310 e. The highest BCUT2D eigenvalue weighted by Crippen LogP contribution is 2.16. The number of hydrogen-bond donors (Lipinski definition) is 1. The minimum atomic E-state index is 0.525. The lowest BCUT2D eigenvalue weighted by atomic mass is 10.1. The van der Waals surface area contributed by atoms with E-state index in [1.807, 2.05) is 6.07 Å². The zero-order valence-electron chi connectivity index (χ0n) is 9.13. The highest BCUT2D eigenvalue weighted by atomic mass is 79.9. The van der Waals surface area contributed by atoms with Gasteiger partial charge in [0, 0.05) is 22.4 Å². The Bertz CT molecular complexity index is 301. The van der Waals surface area contributed by atoms with Crippen LogP contribution in [0, 0.1) is 5.92 Å². The molecular formula is C12H17Br2N. The Morgan fingerprint density at radius 3 is 2.53 bits per heavy atom. The molecule has 3 heteroatoms. The van der Waals surface area contributed by atoms with Crippen molar-refractivity contribution in [3.05, 3.63) is 34.3 Å². The second-order valence-electron chi connectivity index (χ2n) is 3.89. The summed E-state index contributed by atoms with van der Waals surface area (Å²) in [7, 11) is 0. The van der Waals surface area contributed by atoms with E-state index in [1.54, 1.807) is 0 Å². The van der Waals surface area contributed by atoms with Crippen molar-refractivity contribution in [3.8, 4) is 0 Å². The third-order valence-electron chi connectivity index (χ3n) is 2.67. The van der Waals surface area contributed by atoms with Gasteiger partial charge in [0.1, 0.15) is 0 Å². The number of benzene rings is 1. The fraction of sp³-hybridized carbons (Fsp3) is 0.500. The van der Waals surface area contributed by atoms with Gasteiger partial charge in [0.25, 0.3) is 0 Å². The maximum atomic E-state index is 3.55. The van der Waals surface area contributed by atoms with Crippen LogP contribution in [0.2, 0.25) is 0 Å². The van der Waals surface area contributed by atoms with Crippen LogP contribution >= 0.6 is 31.9 Å². The monoisotopic (exact) mass is 333 g/mol. The quantitative estimate of drug-likeness (QED) is 0.804. The smallest absolute Gasteiger partial charge is 0.0220 e. The predicted octanol–water partition coefficient (Wildman–Crippen LogP) is 3.96. The Balaban J connectivity index is 2.47. The highest BCUT2D eigenvalue weighted by molar-refractivity contribution is 9.10. The topological polar surface area (TPSA) is 12.0 Å². The van der Waals surface area contributed by atoms with Gasteiger partial charge in [0.15, 0.2) is 0 Å². The third kappa shape index (κ3) is 4.25. The van der Waals surface area contributed by atoms with Gasteiger partial charge >= 0.3 is 0 Å². The Morgan fingerprint density at radius 1 is 1.27 bits per heavy atom. The van der Waals surface area contributed by atoms with Crippen LogP contribution in [0.5, 0.6) is 0 Å². The van der Waals surface area contributed by atoms with Gasteiger partial charge in [-0.1, -0.05) is 57.0 Å². The largest absolute Gasteiger partial charge is 0.310 e. The van der Waals surface area contributed by atoms with Gasteiger partial charge in [0.2, 0.25) is 0 Å². The van der Waals surface area contributed by atoms with Crippen molar-refractivity contribution in [2.24, 2.45) is 5.92 Å². The molecule has 0 heterocycles. The Labute approximate surface area is 109 Å². The Morgan fingerprint density at radius 2 is 1.93 bits per heavy atom. The molecule has 0 aliphatic rings. The molecule has 2 atom stereocenters. The molecule has 1 rings (SSSR count). The first-order chi connectivity index (χ1) is 7.15. The molecular weight excluding hydrogens is 318 g/mol. The number of nitrogens with one attached hydrogen (secondary N) is 1. The van der Waals surface area contributed by atoms with E-state index in [0.29, 0.717) is 12.0 Å². The van der Waals surface area contributed by atoms with Crippen molar-refractivity contribution in [2.75, 3.05) is 5.33 Å². The van der Waals surface area contributed by atoms with E-state index in [4.69, 9.17) is 0 Å². The first-order valence-corrected chi connectivity index (χ1v) is 7.09. The molecule has 84 valence electrons. The summed E-state index contributed by atoms with van der Waals surface area (Å²) >= 11 is 7.06. The lowest BCUT2D eigenvalue weighted by molar-refractivity contribution is 0.433. The SMILES string of the molecule is CC(CBr)C(C)NCc1ccccc1Br. The van der Waals surface area contributed by atoms with Crippen LogP contribution < -0.4 is 5.32 Å². The first kappa shape index (κ1) is 13.2. The summed E-state index contributed by atoms with van der Waals surface area (Å²) in [5.74, 6) is 0.646. The summed E-state index contributed by atoms with van der Waals surface area (Å²) in [6, 6.07) is 8.85. The second kappa shape index (κ2) is 6.66. The standard InChI is InChI=1S/C12H17Br2N/c1-9(7-13)10(2)15-8-11-5-3-4-6-12(11)14/h3-6,9-10,15H,7-8H2,1-2H3. The lowest BCUT2D eigenvalue weighted by Crippen LogP contribution is -2.32. The van der Waals surface area contributed by atoms with Crippen molar-refractivity contribution in [1.29, 1.82) is 0 Å². The molecule has 0 spiro atoms. The average molecular weight is 335 g/mol. The number of rotatable bonds is 5. The molecule has 0 saturated heterocycles. The molecule has 0 saturated carbocycles. The summed E-state index contributed by atoms with van der Waals surface area (Å²) in [6.45, 7) is 5.38. The van der Waals surface area contributed by atoms with Crippen LogP contribution in [-0.2, 0) is 6.54 Å². The Hall–Kier alpha value is 0.140. The van der Waals surface area contributed by atoms with E-state index in [1.165, 1.54) is 10.0 Å². The number of halogens is 2. The molecule has 1 nitrogen and oxygen atoms in total. The van der Waals surface area contributed by atoms with Crippen LogP contribution in [0.3, 0.4) is 0 Å². The molecule has 15 heavy (non-hydrogen) atoms. The molecule has 0 amide bonds. The second-order valence-corrected chi connectivity index (χ2v) is 5.39. The van der Waals surface area contributed by atoms with Crippen molar-refractivity contribution in [3.63, 3.8) is 0 Å². The van der Waals surface area contributed by atoms with Gasteiger partial charge in [-0.25, -0.2) is 0 Å². The summed E-state index contributed by atoms with van der Waals surface area (Å²) < 4.78 is 1.18. The summed E-state index contributed by atoms with van der Waals surface area (Å²) in [5.41, 5.74) is 1.31. The van der Waals surface area contributed by atoms with Crippen LogP contribution in [0.4, 0.5) is 0 Å². The number of hydrogen-bond acceptors (Lipinski definition) is 1. The van der Waals surface area contributed by atoms with Crippen LogP contribution in [0.1, 0.15) is 19.4 Å². The van der Waals surface area contributed by atoms with Gasteiger partial charge in [-0.3, -0.25) is 0 Å². The van der Waals surface area contributed by atoms with Crippen molar-refractivity contribution >= 4 is 31.9 Å². The fourth-order valence-corrected chi connectivity index (χ4v) is 2.23. The summed E-state index contributed by atoms with van der Waals surface area (Å²) in [6.07, 6.45) is 0. The molecule has 0 aliphatic heterocycles. The van der Waals surface area contributed by atoms with Crippen molar-refractivity contribution in [1.82, 2.24) is 5.32 Å². The third-order valence-corrected chi connectivity index (χ3v) is 4.46. The van der Waals surface area contributed by atoms with E-state index in [-0.39, 0.29) is 0 Å². The molecule has 0 fully saturated rings. The first-order valence-electron chi connectivity index (χ1n) is 5.18. The van der Waals surface area contributed by atoms with Gasteiger partial charge in [-0.15, -0.1) is 0 Å². The van der Waals surface area contributed by atoms with E-state index in [2.05, 4.69) is 69.2 Å². The molecule has 1 aromatic carbocycles. The lowest BCUT2D eigenvalue weighted by Gasteiger charge is -2.19. The van der Waals surface area contributed by atoms with Gasteiger partial charge in [0.05, 0.1) is 0 Å². The summed E-state index contributed by atoms with van der Waals surface area (Å²) in [5, 5.41) is 4.57. The van der Waals surface area contributed by atoms with E-state index < -0.39 is 0 Å². The maximum absolute atomic E-state index is 3.55. The van der Waals surface area contributed by atoms with Crippen LogP contribution in [0.15, 0.2) is 28.7 Å². The van der Waals surface area contributed by atoms with Crippen molar-refractivity contribution < 1.29 is 0 Å². The molecule has 1 N–H and O–H groups in total. The normalized spacial score (nSPS) is 14.9. The number of alkyl halides is 1.